The molecule has 122 valence electrons. The number of benzene rings is 1. The Kier molecular flexibility index (Phi) is 6.40. The van der Waals surface area contributed by atoms with E-state index in [0.717, 1.165) is 28.7 Å². The summed E-state index contributed by atoms with van der Waals surface area (Å²) in [5.41, 5.74) is 1.93. The van der Waals surface area contributed by atoms with Crippen LogP contribution in [0.4, 0.5) is 5.69 Å². The third-order valence-electron chi connectivity index (χ3n) is 3.40. The van der Waals surface area contributed by atoms with Crippen LogP contribution in [0.3, 0.4) is 0 Å². The summed E-state index contributed by atoms with van der Waals surface area (Å²) in [5.74, 6) is 1.62. The van der Waals surface area contributed by atoms with E-state index in [0.29, 0.717) is 18.7 Å². The van der Waals surface area contributed by atoms with Crippen LogP contribution in [0.2, 0.25) is 0 Å². The highest BCUT2D eigenvalue weighted by Crippen LogP contribution is 2.19. The van der Waals surface area contributed by atoms with Crippen LogP contribution in [-0.2, 0) is 17.8 Å². The monoisotopic (exact) mass is 330 g/mol. The summed E-state index contributed by atoms with van der Waals surface area (Å²) in [7, 11) is 0. The summed E-state index contributed by atoms with van der Waals surface area (Å²) in [5, 5.41) is 12.2. The van der Waals surface area contributed by atoms with Crippen LogP contribution in [0.1, 0.15) is 24.7 Å². The average molecular weight is 330 g/mol. The third kappa shape index (κ3) is 4.69. The summed E-state index contributed by atoms with van der Waals surface area (Å²) in [6, 6.07) is 7.77. The number of carbonyl (C=O) groups excluding carboxylic acids is 1. The van der Waals surface area contributed by atoms with Crippen molar-refractivity contribution in [1.82, 2.24) is 14.8 Å². The van der Waals surface area contributed by atoms with E-state index in [1.54, 1.807) is 11.8 Å². The maximum Gasteiger partial charge on any atom is 0.225 e. The fraction of sp³-hybridized carbons (Fsp3) is 0.353. The van der Waals surface area contributed by atoms with Crippen molar-refractivity contribution >= 4 is 23.4 Å². The molecule has 0 unspecified atom stereocenters. The number of aromatic nitrogens is 3. The van der Waals surface area contributed by atoms with Gasteiger partial charge in [-0.3, -0.25) is 4.79 Å². The smallest absolute Gasteiger partial charge is 0.225 e. The lowest BCUT2D eigenvalue weighted by Gasteiger charge is -2.08. The van der Waals surface area contributed by atoms with Gasteiger partial charge in [0.15, 0.2) is 5.16 Å². The van der Waals surface area contributed by atoms with Gasteiger partial charge in [0, 0.05) is 30.8 Å². The average Bonchev–Trinajstić information content (AvgIpc) is 2.92. The van der Waals surface area contributed by atoms with Crippen LogP contribution in [0.15, 0.2) is 42.1 Å². The summed E-state index contributed by atoms with van der Waals surface area (Å²) < 4.78 is 2.04. The van der Waals surface area contributed by atoms with E-state index in [1.165, 1.54) is 0 Å². The third-order valence-corrected chi connectivity index (χ3v) is 4.37. The number of aryl methyl sites for hydroxylation is 2. The minimum atomic E-state index is 0.0114. The number of hydrogen-bond donors (Lipinski definition) is 1. The number of allylic oxidation sites excluding steroid dienone is 1. The quantitative estimate of drug-likeness (QED) is 0.595. The van der Waals surface area contributed by atoms with Crippen LogP contribution in [0.5, 0.6) is 0 Å². The zero-order chi connectivity index (χ0) is 16.7. The van der Waals surface area contributed by atoms with Crippen LogP contribution in [0.25, 0.3) is 0 Å². The molecule has 0 saturated heterocycles. The van der Waals surface area contributed by atoms with Crippen molar-refractivity contribution in [3.8, 4) is 0 Å². The van der Waals surface area contributed by atoms with Crippen molar-refractivity contribution in [3.05, 3.63) is 48.3 Å². The van der Waals surface area contributed by atoms with E-state index in [4.69, 9.17) is 0 Å². The molecular formula is C17H22N4OS. The fourth-order valence-electron chi connectivity index (χ4n) is 2.16. The second-order valence-electron chi connectivity index (χ2n) is 5.11. The van der Waals surface area contributed by atoms with E-state index >= 15 is 0 Å². The Morgan fingerprint density at radius 3 is 2.87 bits per heavy atom. The van der Waals surface area contributed by atoms with Gasteiger partial charge >= 0.3 is 0 Å². The van der Waals surface area contributed by atoms with Crippen LogP contribution in [-0.4, -0.2) is 26.4 Å². The molecular weight excluding hydrogens is 308 g/mol. The van der Waals surface area contributed by atoms with Gasteiger partial charge in [-0.2, -0.15) is 0 Å². The van der Waals surface area contributed by atoms with Gasteiger partial charge in [0.05, 0.1) is 0 Å². The number of nitrogens with zero attached hydrogens (tertiary/aromatic N) is 3. The van der Waals surface area contributed by atoms with E-state index in [-0.39, 0.29) is 5.91 Å². The van der Waals surface area contributed by atoms with Crippen LogP contribution < -0.4 is 5.32 Å². The van der Waals surface area contributed by atoms with E-state index in [9.17, 15) is 4.79 Å². The van der Waals surface area contributed by atoms with Gasteiger partial charge in [-0.05, 0) is 18.6 Å². The molecule has 0 fully saturated rings. The van der Waals surface area contributed by atoms with Gasteiger partial charge in [0.2, 0.25) is 5.91 Å². The molecule has 0 atom stereocenters. The highest BCUT2D eigenvalue weighted by molar-refractivity contribution is 7.99. The molecule has 2 rings (SSSR count). The van der Waals surface area contributed by atoms with Gasteiger partial charge in [0.1, 0.15) is 5.82 Å². The molecule has 1 aromatic heterocycles. The van der Waals surface area contributed by atoms with Gasteiger partial charge in [-0.1, -0.05) is 43.0 Å². The van der Waals surface area contributed by atoms with Gasteiger partial charge in [-0.15, -0.1) is 16.8 Å². The maximum atomic E-state index is 12.0. The molecule has 0 aliphatic heterocycles. The number of nitrogens with one attached hydrogen (secondary N) is 1. The second kappa shape index (κ2) is 8.53. The van der Waals surface area contributed by atoms with Gasteiger partial charge < -0.3 is 9.88 Å². The molecule has 1 aromatic carbocycles. The molecule has 5 nitrogen and oxygen atoms in total. The predicted octanol–water partition coefficient (Wildman–Crippen LogP) is 3.46. The van der Waals surface area contributed by atoms with E-state index in [2.05, 4.69) is 22.1 Å². The van der Waals surface area contributed by atoms with E-state index in [1.807, 2.05) is 48.8 Å². The molecule has 1 heterocycles. The molecule has 0 saturated carbocycles. The molecule has 6 heteroatoms. The van der Waals surface area contributed by atoms with Crippen LogP contribution in [0, 0.1) is 6.92 Å². The second-order valence-corrected chi connectivity index (χ2v) is 6.18. The fourth-order valence-corrected chi connectivity index (χ4v) is 3.06. The van der Waals surface area contributed by atoms with Crippen molar-refractivity contribution in [2.24, 2.45) is 0 Å². The lowest BCUT2D eigenvalue weighted by atomic mass is 10.2. The molecule has 2 aromatic rings. The van der Waals surface area contributed by atoms with Crippen molar-refractivity contribution < 1.29 is 4.79 Å². The summed E-state index contributed by atoms with van der Waals surface area (Å²) in [4.78, 5) is 12.0. The minimum Gasteiger partial charge on any atom is -0.326 e. The molecule has 23 heavy (non-hydrogen) atoms. The number of rotatable bonds is 8. The molecule has 0 radical (unpaired) electrons. The first-order valence-corrected chi connectivity index (χ1v) is 8.65. The first-order chi connectivity index (χ1) is 11.2. The normalized spacial score (nSPS) is 10.5. The molecule has 0 spiro atoms. The Hall–Kier alpha value is -2.08. The molecule has 0 aliphatic carbocycles. The number of anilines is 1. The number of carbonyl (C=O) groups is 1. The van der Waals surface area contributed by atoms with Gasteiger partial charge in [0.25, 0.3) is 0 Å². The Morgan fingerprint density at radius 2 is 2.17 bits per heavy atom. The number of para-hydroxylation sites is 1. The molecule has 1 amide bonds. The topological polar surface area (TPSA) is 59.8 Å². The SMILES string of the molecule is C=CCn1c(CC)nnc1SCCC(=O)Nc1ccccc1C. The minimum absolute atomic E-state index is 0.0114. The number of amides is 1. The highest BCUT2D eigenvalue weighted by atomic mass is 32.2. The Bertz CT molecular complexity index is 681. The maximum absolute atomic E-state index is 12.0. The van der Waals surface area contributed by atoms with Crippen LogP contribution >= 0.6 is 11.8 Å². The largest absolute Gasteiger partial charge is 0.326 e. The Morgan fingerprint density at radius 1 is 1.39 bits per heavy atom. The van der Waals surface area contributed by atoms with Crippen molar-refractivity contribution in [2.75, 3.05) is 11.1 Å². The predicted molar refractivity (Wildman–Crippen MR) is 94.7 cm³/mol. The van der Waals surface area contributed by atoms with Crippen molar-refractivity contribution in [2.45, 2.75) is 38.4 Å². The summed E-state index contributed by atoms with van der Waals surface area (Å²) in [6.45, 7) is 8.48. The molecule has 1 N–H and O–H groups in total. The number of hydrogen-bond acceptors (Lipinski definition) is 4. The lowest BCUT2D eigenvalue weighted by Crippen LogP contribution is -2.13. The number of thioether (sulfide) groups is 1. The molecule has 0 aliphatic rings. The van der Waals surface area contributed by atoms with Crippen molar-refractivity contribution in [1.29, 1.82) is 0 Å². The molecule has 0 bridgehead atoms. The van der Waals surface area contributed by atoms with Crippen molar-refractivity contribution in [3.63, 3.8) is 0 Å². The first kappa shape index (κ1) is 17.3. The Labute approximate surface area is 141 Å². The van der Waals surface area contributed by atoms with E-state index < -0.39 is 0 Å². The highest BCUT2D eigenvalue weighted by Gasteiger charge is 2.11. The standard InChI is InChI=1S/C17H22N4OS/c1-4-11-21-15(5-2)19-20-17(21)23-12-10-16(22)18-14-9-7-6-8-13(14)3/h4,6-9H,1,5,10-12H2,2-3H3,(H,18,22). The lowest BCUT2D eigenvalue weighted by molar-refractivity contribution is -0.115. The zero-order valence-electron chi connectivity index (χ0n) is 13.6. The Balaban J connectivity index is 1.87. The first-order valence-electron chi connectivity index (χ1n) is 7.67. The summed E-state index contributed by atoms with van der Waals surface area (Å²) >= 11 is 1.55. The zero-order valence-corrected chi connectivity index (χ0v) is 14.4. The summed E-state index contributed by atoms with van der Waals surface area (Å²) in [6.07, 6.45) is 3.09. The van der Waals surface area contributed by atoms with Gasteiger partial charge in [-0.25, -0.2) is 0 Å².